The summed E-state index contributed by atoms with van der Waals surface area (Å²) < 4.78 is 12.5. The molecule has 6 heteroatoms. The van der Waals surface area contributed by atoms with Crippen LogP contribution in [0.15, 0.2) is 42.4 Å². The van der Waals surface area contributed by atoms with Gasteiger partial charge in [0, 0.05) is 12.6 Å². The van der Waals surface area contributed by atoms with Gasteiger partial charge in [-0.25, -0.2) is 4.39 Å². The number of hydrogen-bond donors (Lipinski definition) is 1. The quantitative estimate of drug-likeness (QED) is 0.323. The van der Waals surface area contributed by atoms with Gasteiger partial charge in [0.2, 0.25) is 5.78 Å². The molecule has 0 amide bonds. The van der Waals surface area contributed by atoms with Crippen molar-refractivity contribution in [2.75, 3.05) is 5.88 Å². The van der Waals surface area contributed by atoms with Crippen LogP contribution in [0, 0.1) is 17.2 Å². The Hall–Kier alpha value is -1.93. The van der Waals surface area contributed by atoms with E-state index >= 15 is 0 Å². The Labute approximate surface area is 124 Å². The third kappa shape index (κ3) is 10.0. The van der Waals surface area contributed by atoms with E-state index in [1.807, 2.05) is 19.9 Å². The molecule has 0 bridgehead atoms. The molecular formula is C14H19ClFN3O. The largest absolute Gasteiger partial charge is 0.288 e. The highest BCUT2D eigenvalue weighted by atomic mass is 35.5. The molecule has 1 N–H and O–H groups in total. The van der Waals surface area contributed by atoms with Crippen molar-refractivity contribution in [3.05, 3.63) is 37.3 Å². The van der Waals surface area contributed by atoms with Crippen LogP contribution in [-0.4, -0.2) is 17.4 Å². The van der Waals surface area contributed by atoms with Crippen LogP contribution in [0.5, 0.6) is 0 Å². The molecule has 0 aliphatic heterocycles. The molecule has 0 aromatic rings. The highest BCUT2D eigenvalue weighted by molar-refractivity contribution is 6.52. The van der Waals surface area contributed by atoms with Gasteiger partial charge in [0.1, 0.15) is 5.71 Å². The van der Waals surface area contributed by atoms with E-state index in [0.717, 1.165) is 6.08 Å². The maximum absolute atomic E-state index is 12.5. The Kier molecular flexibility index (Phi) is 13.8. The summed E-state index contributed by atoms with van der Waals surface area (Å²) in [6.45, 7) is 10.4. The number of carbonyl (C=O) groups is 1. The zero-order chi connectivity index (χ0) is 16.0. The summed E-state index contributed by atoms with van der Waals surface area (Å²) in [5.74, 6) is -1.66. The molecule has 0 fully saturated rings. The van der Waals surface area contributed by atoms with Crippen LogP contribution in [0.2, 0.25) is 0 Å². The Morgan fingerprint density at radius 2 is 2.20 bits per heavy atom. The van der Waals surface area contributed by atoms with Gasteiger partial charge >= 0.3 is 0 Å². The number of hydrogen-bond acceptors (Lipinski definition) is 4. The molecule has 1 unspecified atom stereocenters. The summed E-state index contributed by atoms with van der Waals surface area (Å²) in [5.41, 5.74) is 2.54. The number of hydrazone groups is 1. The molecule has 0 aliphatic carbocycles. The normalized spacial score (nSPS) is 11.8. The van der Waals surface area contributed by atoms with Gasteiger partial charge in [-0.2, -0.15) is 10.4 Å². The van der Waals surface area contributed by atoms with Crippen molar-refractivity contribution in [2.45, 2.75) is 20.3 Å². The predicted octanol–water partition coefficient (Wildman–Crippen LogP) is 3.48. The zero-order valence-corrected chi connectivity index (χ0v) is 12.5. The Bertz CT molecular complexity index is 425. The summed E-state index contributed by atoms with van der Waals surface area (Å²) in [4.78, 5) is 11.2. The Morgan fingerprint density at radius 1 is 1.60 bits per heavy atom. The van der Waals surface area contributed by atoms with Gasteiger partial charge < -0.3 is 0 Å². The summed E-state index contributed by atoms with van der Waals surface area (Å²) in [7, 11) is 0. The fraction of sp³-hybridized carbons (Fsp3) is 0.357. The number of allylic oxidation sites excluding steroid dienone is 3. The van der Waals surface area contributed by atoms with Crippen molar-refractivity contribution >= 4 is 23.1 Å². The van der Waals surface area contributed by atoms with Crippen LogP contribution in [0.4, 0.5) is 4.39 Å². The van der Waals surface area contributed by atoms with Gasteiger partial charge in [0.05, 0.1) is 23.7 Å². The molecule has 0 saturated heterocycles. The molecule has 1 atom stereocenters. The molecule has 0 heterocycles. The molecule has 0 saturated carbocycles. The number of ketones is 1. The van der Waals surface area contributed by atoms with Gasteiger partial charge in [0.15, 0.2) is 0 Å². The van der Waals surface area contributed by atoms with Crippen LogP contribution in [0.3, 0.4) is 0 Å². The number of nitrogens with one attached hydrogen (secondary N) is 1. The third-order valence-corrected chi connectivity index (χ3v) is 2.06. The maximum Gasteiger partial charge on any atom is 0.202 e. The van der Waals surface area contributed by atoms with E-state index in [-0.39, 0.29) is 23.8 Å². The number of nitrogens with zero attached hydrogens (tertiary/aromatic N) is 2. The number of alkyl halides is 1. The lowest BCUT2D eigenvalue weighted by Gasteiger charge is -2.00. The highest BCUT2D eigenvalue weighted by Crippen LogP contribution is 2.11. The Balaban J connectivity index is 0. The fourth-order valence-electron chi connectivity index (χ4n) is 0.938. The third-order valence-electron chi connectivity index (χ3n) is 1.81. The number of nitriles is 1. The topological polar surface area (TPSA) is 65.2 Å². The average molecular weight is 300 g/mol. The van der Waals surface area contributed by atoms with Crippen molar-refractivity contribution in [3.63, 3.8) is 0 Å². The van der Waals surface area contributed by atoms with E-state index in [1.165, 1.54) is 12.3 Å². The lowest BCUT2D eigenvalue weighted by Crippen LogP contribution is -2.16. The molecule has 20 heavy (non-hydrogen) atoms. The van der Waals surface area contributed by atoms with Gasteiger partial charge in [-0.05, 0) is 12.2 Å². The minimum absolute atomic E-state index is 0.0609. The van der Waals surface area contributed by atoms with Crippen LogP contribution in [0.25, 0.3) is 0 Å². The summed E-state index contributed by atoms with van der Waals surface area (Å²) in [5, 5.41) is 12.4. The van der Waals surface area contributed by atoms with E-state index in [9.17, 15) is 9.18 Å². The van der Waals surface area contributed by atoms with Crippen LogP contribution >= 0.6 is 11.6 Å². The molecule has 0 aromatic carbocycles. The lowest BCUT2D eigenvalue weighted by atomic mass is 10.1. The van der Waals surface area contributed by atoms with E-state index in [0.29, 0.717) is 0 Å². The minimum Gasteiger partial charge on any atom is -0.288 e. The van der Waals surface area contributed by atoms with E-state index in [4.69, 9.17) is 16.9 Å². The SMILES string of the molecule is C=CC(=O)/C(CCl)=N\N/C=C/C(C#N)CC(=C)F.CC. The van der Waals surface area contributed by atoms with Gasteiger partial charge in [-0.3, -0.25) is 10.2 Å². The van der Waals surface area contributed by atoms with Crippen LogP contribution in [0.1, 0.15) is 20.3 Å². The molecule has 110 valence electrons. The van der Waals surface area contributed by atoms with Gasteiger partial charge in [0.25, 0.3) is 0 Å². The van der Waals surface area contributed by atoms with E-state index < -0.39 is 11.7 Å². The van der Waals surface area contributed by atoms with E-state index in [1.54, 1.807) is 0 Å². The van der Waals surface area contributed by atoms with Crippen LogP contribution in [-0.2, 0) is 4.79 Å². The van der Waals surface area contributed by atoms with Crippen molar-refractivity contribution in [2.24, 2.45) is 11.0 Å². The van der Waals surface area contributed by atoms with Crippen molar-refractivity contribution < 1.29 is 9.18 Å². The fourth-order valence-corrected chi connectivity index (χ4v) is 1.13. The summed E-state index contributed by atoms with van der Waals surface area (Å²) >= 11 is 5.50. The van der Waals surface area contributed by atoms with Gasteiger partial charge in [-0.15, -0.1) is 11.6 Å². The second kappa shape index (κ2) is 13.5. The Morgan fingerprint density at radius 3 is 2.60 bits per heavy atom. The maximum atomic E-state index is 12.5. The number of rotatable bonds is 8. The first kappa shape index (κ1) is 20.4. The average Bonchev–Trinajstić information content (AvgIpc) is 2.47. The van der Waals surface area contributed by atoms with Crippen molar-refractivity contribution in [1.29, 1.82) is 5.26 Å². The minimum atomic E-state index is -0.639. The molecule has 0 radical (unpaired) electrons. The second-order valence-corrected chi connectivity index (χ2v) is 3.47. The monoisotopic (exact) mass is 299 g/mol. The highest BCUT2D eigenvalue weighted by Gasteiger charge is 2.06. The van der Waals surface area contributed by atoms with Crippen molar-refractivity contribution in [3.8, 4) is 6.07 Å². The number of halogens is 2. The molecule has 0 aromatic heterocycles. The molecule has 0 aliphatic rings. The van der Waals surface area contributed by atoms with Crippen molar-refractivity contribution in [1.82, 2.24) is 5.43 Å². The lowest BCUT2D eigenvalue weighted by molar-refractivity contribution is -0.108. The second-order valence-electron chi connectivity index (χ2n) is 3.21. The summed E-state index contributed by atoms with van der Waals surface area (Å²) in [6, 6.07) is 1.88. The molecule has 4 nitrogen and oxygen atoms in total. The first-order valence-electron chi connectivity index (χ1n) is 5.99. The summed E-state index contributed by atoms with van der Waals surface area (Å²) in [6.07, 6.45) is 3.77. The zero-order valence-electron chi connectivity index (χ0n) is 11.7. The van der Waals surface area contributed by atoms with Gasteiger partial charge in [-0.1, -0.05) is 27.0 Å². The van der Waals surface area contributed by atoms with E-state index in [2.05, 4.69) is 23.7 Å². The first-order chi connectivity index (χ1) is 9.54. The number of carbonyl (C=O) groups excluding carboxylic acids is 1. The molecule has 0 spiro atoms. The molecule has 0 rings (SSSR count). The molecular weight excluding hydrogens is 281 g/mol. The first-order valence-corrected chi connectivity index (χ1v) is 6.53. The smallest absolute Gasteiger partial charge is 0.202 e. The standard InChI is InChI=1S/C12H13ClFN3O.C2H6/c1-3-12(18)11(7-13)17-16-5-4-10(8-15)6-9(2)14;1-2/h3-5,10,16H,1-2,6-7H2;1-2H3/b5-4+,17-11-;. The van der Waals surface area contributed by atoms with Crippen LogP contribution < -0.4 is 5.43 Å². The predicted molar refractivity (Wildman–Crippen MR) is 81.0 cm³/mol.